The maximum Gasteiger partial charge on any atom is 0.237 e. The van der Waals surface area contributed by atoms with E-state index in [-0.39, 0.29) is 24.0 Å². The normalized spacial score (nSPS) is 25.0. The van der Waals surface area contributed by atoms with Crippen molar-refractivity contribution in [2.24, 2.45) is 0 Å². The second kappa shape index (κ2) is 7.81. The third-order valence-corrected chi connectivity index (χ3v) is 4.62. The Kier molecular flexibility index (Phi) is 5.52. The maximum atomic E-state index is 12.5. The summed E-state index contributed by atoms with van der Waals surface area (Å²) in [7, 11) is 0. The van der Waals surface area contributed by atoms with Crippen LogP contribution in [0.1, 0.15) is 25.5 Å². The lowest BCUT2D eigenvalue weighted by atomic mass is 10.2. The van der Waals surface area contributed by atoms with E-state index in [4.69, 9.17) is 9.15 Å². The molecule has 2 fully saturated rings. The fourth-order valence-electron chi connectivity index (χ4n) is 3.34. The lowest BCUT2D eigenvalue weighted by Crippen LogP contribution is -2.51. The number of amides is 2. The Morgan fingerprint density at radius 2 is 2.25 bits per heavy atom. The Labute approximate surface area is 141 Å². The van der Waals surface area contributed by atoms with Crippen LogP contribution in [0.5, 0.6) is 0 Å². The molecule has 0 bridgehead atoms. The summed E-state index contributed by atoms with van der Waals surface area (Å²) in [6, 6.07) is 3.39. The Morgan fingerprint density at radius 1 is 1.38 bits per heavy atom. The average molecular weight is 335 g/mol. The van der Waals surface area contributed by atoms with Crippen LogP contribution in [0.2, 0.25) is 0 Å². The number of carbonyl (C=O) groups is 2. The van der Waals surface area contributed by atoms with Gasteiger partial charge in [-0.1, -0.05) is 0 Å². The van der Waals surface area contributed by atoms with Crippen molar-refractivity contribution < 1.29 is 18.7 Å². The monoisotopic (exact) mass is 335 g/mol. The van der Waals surface area contributed by atoms with Gasteiger partial charge < -0.3 is 19.4 Å². The van der Waals surface area contributed by atoms with Crippen molar-refractivity contribution >= 4 is 11.8 Å². The van der Waals surface area contributed by atoms with Crippen LogP contribution in [-0.4, -0.2) is 66.5 Å². The number of likely N-dealkylation sites (tertiary alicyclic amines) is 1. The zero-order valence-corrected chi connectivity index (χ0v) is 14.1. The molecule has 7 nitrogen and oxygen atoms in total. The molecule has 1 aromatic heterocycles. The number of nitrogens with zero attached hydrogens (tertiary/aromatic N) is 2. The molecule has 1 N–H and O–H groups in total. The Bertz CT molecular complexity index is 560. The molecule has 0 saturated carbocycles. The first-order chi connectivity index (χ1) is 11.6. The van der Waals surface area contributed by atoms with Crippen molar-refractivity contribution in [3.05, 3.63) is 24.2 Å². The van der Waals surface area contributed by atoms with E-state index in [0.29, 0.717) is 32.8 Å². The molecule has 3 rings (SSSR count). The van der Waals surface area contributed by atoms with Crippen LogP contribution in [0.25, 0.3) is 0 Å². The quantitative estimate of drug-likeness (QED) is 0.853. The van der Waals surface area contributed by atoms with E-state index in [0.717, 1.165) is 25.1 Å². The zero-order valence-electron chi connectivity index (χ0n) is 14.1. The van der Waals surface area contributed by atoms with E-state index in [2.05, 4.69) is 5.32 Å². The van der Waals surface area contributed by atoms with Crippen LogP contribution in [0.3, 0.4) is 0 Å². The number of hydrogen-bond donors (Lipinski definition) is 1. The van der Waals surface area contributed by atoms with Gasteiger partial charge in [0.1, 0.15) is 5.76 Å². The van der Waals surface area contributed by atoms with Gasteiger partial charge in [0.05, 0.1) is 38.1 Å². The van der Waals surface area contributed by atoms with E-state index < -0.39 is 0 Å². The van der Waals surface area contributed by atoms with E-state index >= 15 is 0 Å². The molecule has 2 atom stereocenters. The molecule has 2 aliphatic heterocycles. The Balaban J connectivity index is 1.50. The highest BCUT2D eigenvalue weighted by Crippen LogP contribution is 2.18. The number of ether oxygens (including phenoxy) is 1. The van der Waals surface area contributed by atoms with E-state index in [9.17, 15) is 9.59 Å². The van der Waals surface area contributed by atoms with E-state index in [1.807, 2.05) is 22.8 Å². The summed E-state index contributed by atoms with van der Waals surface area (Å²) in [6.07, 6.45) is 3.39. The summed E-state index contributed by atoms with van der Waals surface area (Å²) in [5.41, 5.74) is 0. The van der Waals surface area contributed by atoms with Crippen molar-refractivity contribution in [1.82, 2.24) is 15.1 Å². The fraction of sp³-hybridized carbons (Fsp3) is 0.647. The molecule has 3 heterocycles. The molecule has 0 aromatic carbocycles. The highest BCUT2D eigenvalue weighted by molar-refractivity contribution is 5.84. The third-order valence-electron chi connectivity index (χ3n) is 4.62. The largest absolute Gasteiger partial charge is 0.467 e. The van der Waals surface area contributed by atoms with Gasteiger partial charge in [-0.05, 0) is 38.4 Å². The van der Waals surface area contributed by atoms with Gasteiger partial charge in [0.25, 0.3) is 0 Å². The van der Waals surface area contributed by atoms with E-state index in [1.165, 1.54) is 0 Å². The second-order valence-corrected chi connectivity index (χ2v) is 6.45. The van der Waals surface area contributed by atoms with Gasteiger partial charge >= 0.3 is 0 Å². The molecule has 1 aromatic rings. The minimum Gasteiger partial charge on any atom is -0.467 e. The summed E-state index contributed by atoms with van der Waals surface area (Å²) in [6.45, 7) is 5.27. The number of furan rings is 1. The van der Waals surface area contributed by atoms with Gasteiger partial charge in [-0.3, -0.25) is 14.5 Å². The minimum absolute atomic E-state index is 0.0351. The molecule has 2 aliphatic rings. The first-order valence-electron chi connectivity index (χ1n) is 8.57. The summed E-state index contributed by atoms with van der Waals surface area (Å²) < 4.78 is 10.7. The molecule has 0 radical (unpaired) electrons. The van der Waals surface area contributed by atoms with Crippen LogP contribution < -0.4 is 5.32 Å². The molecular weight excluding hydrogens is 310 g/mol. The van der Waals surface area contributed by atoms with Crippen LogP contribution in [0.15, 0.2) is 22.8 Å². The first-order valence-corrected chi connectivity index (χ1v) is 8.57. The Morgan fingerprint density at radius 3 is 3.00 bits per heavy atom. The number of morpholine rings is 1. The zero-order chi connectivity index (χ0) is 16.9. The van der Waals surface area contributed by atoms with Gasteiger partial charge in [0.15, 0.2) is 0 Å². The van der Waals surface area contributed by atoms with Gasteiger partial charge in [0.2, 0.25) is 11.8 Å². The van der Waals surface area contributed by atoms with Crippen LogP contribution in [0, 0.1) is 0 Å². The molecule has 2 saturated heterocycles. The molecule has 2 amide bonds. The van der Waals surface area contributed by atoms with Crippen molar-refractivity contribution in [2.45, 2.75) is 38.5 Å². The Hall–Kier alpha value is -1.86. The fourth-order valence-corrected chi connectivity index (χ4v) is 3.34. The number of nitrogens with one attached hydrogen (secondary N) is 1. The lowest BCUT2D eigenvalue weighted by molar-refractivity contribution is -0.140. The summed E-state index contributed by atoms with van der Waals surface area (Å²) in [4.78, 5) is 28.7. The standard InChI is InChI=1S/C17H25N3O4/c1-13-11-20(7-9-23-13)16(21)12-19-6-2-5-15(19)17(22)18-10-14-4-3-8-24-14/h3-4,8,13,15H,2,5-7,9-12H2,1H3,(H,18,22). The van der Waals surface area contributed by atoms with Gasteiger partial charge in [-0.15, -0.1) is 0 Å². The van der Waals surface area contributed by atoms with Crippen LogP contribution in [0.4, 0.5) is 0 Å². The third kappa shape index (κ3) is 4.15. The summed E-state index contributed by atoms with van der Waals surface area (Å²) in [5.74, 6) is 0.772. The molecule has 7 heteroatoms. The number of carbonyl (C=O) groups excluding carboxylic acids is 2. The van der Waals surface area contributed by atoms with Crippen LogP contribution in [-0.2, 0) is 20.9 Å². The topological polar surface area (TPSA) is 75.0 Å². The SMILES string of the molecule is CC1CN(C(=O)CN2CCCC2C(=O)NCc2ccco2)CCO1. The van der Waals surface area contributed by atoms with Crippen molar-refractivity contribution in [3.8, 4) is 0 Å². The molecule has 0 spiro atoms. The van der Waals surface area contributed by atoms with E-state index in [1.54, 1.807) is 12.3 Å². The minimum atomic E-state index is -0.234. The summed E-state index contributed by atoms with van der Waals surface area (Å²) in [5, 5.41) is 2.90. The maximum absolute atomic E-state index is 12.5. The smallest absolute Gasteiger partial charge is 0.237 e. The predicted octanol–water partition coefficient (Wildman–Crippen LogP) is 0.608. The second-order valence-electron chi connectivity index (χ2n) is 6.45. The predicted molar refractivity (Wildman–Crippen MR) is 87.1 cm³/mol. The van der Waals surface area contributed by atoms with Crippen molar-refractivity contribution in [3.63, 3.8) is 0 Å². The summed E-state index contributed by atoms with van der Waals surface area (Å²) >= 11 is 0. The molecular formula is C17H25N3O4. The lowest BCUT2D eigenvalue weighted by Gasteiger charge is -2.33. The molecule has 2 unspecified atom stereocenters. The highest BCUT2D eigenvalue weighted by Gasteiger charge is 2.33. The number of hydrogen-bond acceptors (Lipinski definition) is 5. The number of rotatable bonds is 5. The van der Waals surface area contributed by atoms with Gasteiger partial charge in [-0.2, -0.15) is 0 Å². The first kappa shape index (κ1) is 17.0. The van der Waals surface area contributed by atoms with Gasteiger partial charge in [0, 0.05) is 13.1 Å². The highest BCUT2D eigenvalue weighted by atomic mass is 16.5. The average Bonchev–Trinajstić information content (AvgIpc) is 3.24. The van der Waals surface area contributed by atoms with Crippen molar-refractivity contribution in [2.75, 3.05) is 32.8 Å². The van der Waals surface area contributed by atoms with Crippen LogP contribution >= 0.6 is 0 Å². The van der Waals surface area contributed by atoms with Gasteiger partial charge in [-0.25, -0.2) is 0 Å². The molecule has 0 aliphatic carbocycles. The molecule has 132 valence electrons. The van der Waals surface area contributed by atoms with Crippen molar-refractivity contribution in [1.29, 1.82) is 0 Å². The molecule has 24 heavy (non-hydrogen) atoms.